The van der Waals surface area contributed by atoms with Crippen molar-refractivity contribution in [1.29, 1.82) is 0 Å². The van der Waals surface area contributed by atoms with Gasteiger partial charge in [0.2, 0.25) is 5.91 Å². The van der Waals surface area contributed by atoms with Crippen molar-refractivity contribution in [3.63, 3.8) is 0 Å². The van der Waals surface area contributed by atoms with Gasteiger partial charge in [-0.25, -0.2) is 4.98 Å². The quantitative estimate of drug-likeness (QED) is 0.104. The minimum atomic E-state index is -0.482. The number of thioether (sulfide) groups is 1. The Balaban J connectivity index is 1.23. The highest BCUT2D eigenvalue weighted by Crippen LogP contribution is 2.29. The third-order valence-electron chi connectivity index (χ3n) is 5.67. The van der Waals surface area contributed by atoms with Gasteiger partial charge < -0.3 is 16.0 Å². The molecule has 0 unspecified atom stereocenters. The molecule has 0 bridgehead atoms. The highest BCUT2D eigenvalue weighted by molar-refractivity contribution is 9.10. The number of carbonyl (C=O) groups excluding carboxylic acids is 3. The van der Waals surface area contributed by atoms with Gasteiger partial charge in [0.25, 0.3) is 11.8 Å². The summed E-state index contributed by atoms with van der Waals surface area (Å²) in [5, 5.41) is 12.9. The molecule has 2 aromatic heterocycles. The van der Waals surface area contributed by atoms with Crippen LogP contribution in [0.3, 0.4) is 0 Å². The van der Waals surface area contributed by atoms with E-state index in [-0.39, 0.29) is 17.4 Å². The lowest BCUT2D eigenvalue weighted by Gasteiger charge is -2.12. The van der Waals surface area contributed by atoms with Gasteiger partial charge in [0.05, 0.1) is 16.3 Å². The highest BCUT2D eigenvalue weighted by atomic mass is 79.9. The van der Waals surface area contributed by atoms with E-state index in [0.29, 0.717) is 16.4 Å². The van der Waals surface area contributed by atoms with Crippen LogP contribution in [-0.4, -0.2) is 28.5 Å². The molecule has 3 amide bonds. The normalized spacial score (nSPS) is 11.1. The molecule has 0 radical (unpaired) electrons. The monoisotopic (exact) mass is 674 g/mol. The van der Waals surface area contributed by atoms with Crippen LogP contribution in [0.1, 0.15) is 15.9 Å². The van der Waals surface area contributed by atoms with E-state index in [0.717, 1.165) is 25.5 Å². The fraction of sp³-hybridized carbons (Fsp3) is 0.0323. The standard InChI is InChI=1S/C31H23BrN4O3S3/c32-22-10-4-7-20(15-22)16-25(34-29(38)21-8-2-1-3-9-21)30(39)33-23-11-5-12-24(17-23)41-19-28(37)36-31-35-26(18-42-31)27-13-6-14-40-27/h1-18H,19H2,(H,33,39)(H,34,38)(H,35,36,37)/b25-16+. The van der Waals surface area contributed by atoms with Crippen molar-refractivity contribution in [1.82, 2.24) is 10.3 Å². The van der Waals surface area contributed by atoms with E-state index in [9.17, 15) is 14.4 Å². The Hall–Kier alpha value is -4.03. The third-order valence-corrected chi connectivity index (χ3v) is 8.81. The molecule has 42 heavy (non-hydrogen) atoms. The Labute approximate surface area is 263 Å². The second-order valence-corrected chi connectivity index (χ2v) is 12.5. The van der Waals surface area contributed by atoms with E-state index >= 15 is 0 Å². The summed E-state index contributed by atoms with van der Waals surface area (Å²) in [6.07, 6.45) is 1.62. The summed E-state index contributed by atoms with van der Waals surface area (Å²) in [4.78, 5) is 45.1. The molecule has 3 N–H and O–H groups in total. The second kappa shape index (κ2) is 14.2. The Bertz CT molecular complexity index is 1740. The molecule has 0 saturated carbocycles. The number of benzene rings is 3. The van der Waals surface area contributed by atoms with E-state index in [2.05, 4.69) is 36.9 Å². The molecule has 0 aliphatic heterocycles. The fourth-order valence-electron chi connectivity index (χ4n) is 3.74. The van der Waals surface area contributed by atoms with Crippen LogP contribution in [-0.2, 0) is 9.59 Å². The van der Waals surface area contributed by atoms with Crippen LogP contribution in [0.2, 0.25) is 0 Å². The minimum absolute atomic E-state index is 0.0877. The Kier molecular flexibility index (Phi) is 9.98. The fourth-order valence-corrected chi connectivity index (χ4v) is 6.40. The number of aromatic nitrogens is 1. The summed E-state index contributed by atoms with van der Waals surface area (Å²) in [5.41, 5.74) is 2.63. The summed E-state index contributed by atoms with van der Waals surface area (Å²) < 4.78 is 0.844. The van der Waals surface area contributed by atoms with E-state index in [1.165, 1.54) is 23.1 Å². The molecule has 0 atom stereocenters. The van der Waals surface area contributed by atoms with Gasteiger partial charge in [-0.15, -0.1) is 34.4 Å². The summed E-state index contributed by atoms with van der Waals surface area (Å²) in [5.74, 6) is -0.883. The molecule has 0 aliphatic carbocycles. The van der Waals surface area contributed by atoms with Crippen molar-refractivity contribution >= 4 is 85.0 Å². The van der Waals surface area contributed by atoms with Crippen molar-refractivity contribution in [2.24, 2.45) is 0 Å². The Morgan fingerprint density at radius 1 is 0.881 bits per heavy atom. The summed E-state index contributed by atoms with van der Waals surface area (Å²) in [7, 11) is 0. The predicted octanol–water partition coefficient (Wildman–Crippen LogP) is 7.77. The predicted molar refractivity (Wildman–Crippen MR) is 176 cm³/mol. The zero-order chi connectivity index (χ0) is 29.3. The topological polar surface area (TPSA) is 100 Å². The number of carbonyl (C=O) groups is 3. The smallest absolute Gasteiger partial charge is 0.272 e. The average molecular weight is 676 g/mol. The zero-order valence-corrected chi connectivity index (χ0v) is 25.9. The molecular weight excluding hydrogens is 652 g/mol. The number of hydrogen-bond donors (Lipinski definition) is 3. The maximum Gasteiger partial charge on any atom is 0.272 e. The molecule has 210 valence electrons. The van der Waals surface area contributed by atoms with E-state index in [1.54, 1.807) is 59.9 Å². The largest absolute Gasteiger partial charge is 0.321 e. The van der Waals surface area contributed by atoms with Crippen molar-refractivity contribution < 1.29 is 14.4 Å². The Morgan fingerprint density at radius 3 is 2.50 bits per heavy atom. The first-order valence-electron chi connectivity index (χ1n) is 12.6. The van der Waals surface area contributed by atoms with Crippen LogP contribution in [0, 0.1) is 0 Å². The van der Waals surface area contributed by atoms with E-state index in [1.807, 2.05) is 59.3 Å². The number of thiazole rings is 1. The third kappa shape index (κ3) is 8.26. The number of halogens is 1. The lowest BCUT2D eigenvalue weighted by molar-refractivity contribution is -0.114. The van der Waals surface area contributed by atoms with Crippen LogP contribution in [0.5, 0.6) is 0 Å². The van der Waals surface area contributed by atoms with Gasteiger partial charge in [0.1, 0.15) is 5.70 Å². The maximum absolute atomic E-state index is 13.4. The molecule has 2 heterocycles. The number of amides is 3. The van der Waals surface area contributed by atoms with Gasteiger partial charge in [-0.2, -0.15) is 0 Å². The zero-order valence-electron chi connectivity index (χ0n) is 21.9. The number of anilines is 2. The first kappa shape index (κ1) is 29.5. The number of hydrogen-bond acceptors (Lipinski definition) is 7. The summed E-state index contributed by atoms with van der Waals surface area (Å²) in [6.45, 7) is 0. The van der Waals surface area contributed by atoms with Crippen LogP contribution in [0.25, 0.3) is 16.6 Å². The molecule has 11 heteroatoms. The first-order chi connectivity index (χ1) is 20.4. The molecule has 0 saturated heterocycles. The van der Waals surface area contributed by atoms with Crippen molar-refractivity contribution in [2.75, 3.05) is 16.4 Å². The van der Waals surface area contributed by atoms with E-state index in [4.69, 9.17) is 0 Å². The molecular formula is C31H23BrN4O3S3. The van der Waals surface area contributed by atoms with Crippen LogP contribution >= 0.6 is 50.4 Å². The van der Waals surface area contributed by atoms with Gasteiger partial charge in [-0.05, 0) is 65.6 Å². The molecule has 0 aliphatic rings. The molecule has 5 aromatic rings. The van der Waals surface area contributed by atoms with Crippen LogP contribution in [0.4, 0.5) is 10.8 Å². The molecule has 0 spiro atoms. The molecule has 7 nitrogen and oxygen atoms in total. The maximum atomic E-state index is 13.4. The number of nitrogens with one attached hydrogen (secondary N) is 3. The van der Waals surface area contributed by atoms with Gasteiger partial charge >= 0.3 is 0 Å². The van der Waals surface area contributed by atoms with Gasteiger partial charge in [-0.1, -0.05) is 58.4 Å². The van der Waals surface area contributed by atoms with E-state index < -0.39 is 11.8 Å². The SMILES string of the molecule is O=C(CSc1cccc(NC(=O)/C(=C\c2cccc(Br)c2)NC(=O)c2ccccc2)c1)Nc1nc(-c2cccs2)cs1. The summed E-state index contributed by atoms with van der Waals surface area (Å²) in [6, 6.07) is 27.2. The first-order valence-corrected chi connectivity index (χ1v) is 16.1. The lowest BCUT2D eigenvalue weighted by Crippen LogP contribution is -2.30. The Morgan fingerprint density at radius 2 is 1.71 bits per heavy atom. The van der Waals surface area contributed by atoms with Crippen molar-refractivity contribution in [2.45, 2.75) is 4.90 Å². The van der Waals surface area contributed by atoms with Crippen LogP contribution < -0.4 is 16.0 Å². The molecule has 0 fully saturated rings. The number of rotatable bonds is 10. The second-order valence-electron chi connectivity index (χ2n) is 8.77. The summed E-state index contributed by atoms with van der Waals surface area (Å²) >= 11 is 7.76. The highest BCUT2D eigenvalue weighted by Gasteiger charge is 2.16. The van der Waals surface area contributed by atoms with Gasteiger partial charge in [0, 0.05) is 26.0 Å². The van der Waals surface area contributed by atoms with Crippen LogP contribution in [0.15, 0.2) is 117 Å². The molecule has 5 rings (SSSR count). The van der Waals surface area contributed by atoms with Crippen molar-refractivity contribution in [3.8, 4) is 10.6 Å². The van der Waals surface area contributed by atoms with Gasteiger partial charge in [-0.3, -0.25) is 14.4 Å². The van der Waals surface area contributed by atoms with Crippen molar-refractivity contribution in [3.05, 3.63) is 123 Å². The number of thiophene rings is 1. The molecule has 3 aromatic carbocycles. The average Bonchev–Trinajstić information content (AvgIpc) is 3.69. The number of nitrogens with zero attached hydrogens (tertiary/aromatic N) is 1. The van der Waals surface area contributed by atoms with Gasteiger partial charge in [0.15, 0.2) is 5.13 Å². The lowest BCUT2D eigenvalue weighted by atomic mass is 10.1. The minimum Gasteiger partial charge on any atom is -0.321 e.